The van der Waals surface area contributed by atoms with Crippen molar-refractivity contribution in [2.24, 2.45) is 10.9 Å². The molecule has 5 rings (SSSR count). The van der Waals surface area contributed by atoms with Crippen LogP contribution in [0.3, 0.4) is 0 Å². The number of thiazole rings is 1. The van der Waals surface area contributed by atoms with E-state index in [2.05, 4.69) is 35.9 Å². The molecule has 4 heterocycles. The van der Waals surface area contributed by atoms with Crippen molar-refractivity contribution >= 4 is 38.8 Å². The van der Waals surface area contributed by atoms with Gasteiger partial charge in [0.15, 0.2) is 0 Å². The van der Waals surface area contributed by atoms with Gasteiger partial charge in [0.1, 0.15) is 28.8 Å². The third-order valence-corrected chi connectivity index (χ3v) is 6.67. The molecule has 2 aliphatic rings. The fourth-order valence-corrected chi connectivity index (χ4v) is 4.86. The molecule has 0 saturated heterocycles. The number of aliphatic hydroxyl groups excluding tert-OH is 3. The smallest absolute Gasteiger partial charge is 0.201 e. The number of hydrogen-bond acceptors (Lipinski definition) is 12. The molecule has 3 aromatic rings. The summed E-state index contributed by atoms with van der Waals surface area (Å²) in [6.07, 6.45) is 6.57. The van der Waals surface area contributed by atoms with Gasteiger partial charge in [0.25, 0.3) is 0 Å². The molecular formula is C20H22N8O3S. The molecule has 0 bridgehead atoms. The number of rotatable bonds is 5. The van der Waals surface area contributed by atoms with E-state index in [0.717, 1.165) is 20.8 Å². The van der Waals surface area contributed by atoms with Gasteiger partial charge < -0.3 is 31.3 Å². The first-order chi connectivity index (χ1) is 15.6. The molecule has 1 aliphatic heterocycles. The molecule has 11 nitrogen and oxygen atoms in total. The van der Waals surface area contributed by atoms with E-state index in [4.69, 9.17) is 4.98 Å². The highest BCUT2D eigenvalue weighted by Gasteiger charge is 2.41. The van der Waals surface area contributed by atoms with Crippen molar-refractivity contribution in [3.05, 3.63) is 48.0 Å². The Bertz CT molecular complexity index is 1130. The Kier molecular flexibility index (Phi) is 5.66. The van der Waals surface area contributed by atoms with Crippen molar-refractivity contribution in [1.29, 1.82) is 0 Å². The van der Waals surface area contributed by atoms with Crippen LogP contribution >= 0.6 is 11.3 Å². The van der Waals surface area contributed by atoms with Crippen molar-refractivity contribution in [1.82, 2.24) is 30.6 Å². The molecule has 3 aromatic heterocycles. The average Bonchev–Trinajstić information content (AvgIpc) is 3.36. The van der Waals surface area contributed by atoms with E-state index in [0.29, 0.717) is 30.4 Å². The van der Waals surface area contributed by atoms with Crippen molar-refractivity contribution in [2.45, 2.75) is 24.7 Å². The Morgan fingerprint density at radius 3 is 2.72 bits per heavy atom. The molecule has 0 spiro atoms. The second-order valence-electron chi connectivity index (χ2n) is 7.67. The second kappa shape index (κ2) is 8.74. The minimum atomic E-state index is -1.01. The summed E-state index contributed by atoms with van der Waals surface area (Å²) < 4.78 is 1.01. The zero-order valence-electron chi connectivity index (χ0n) is 16.9. The molecule has 1 saturated carbocycles. The number of aliphatic hydroxyl groups is 3. The van der Waals surface area contributed by atoms with Crippen molar-refractivity contribution in [3.8, 4) is 0 Å². The molecule has 1 fully saturated rings. The molecule has 1 aliphatic carbocycles. The van der Waals surface area contributed by atoms with Gasteiger partial charge in [-0.15, -0.1) is 11.3 Å². The van der Waals surface area contributed by atoms with Crippen LogP contribution < -0.4 is 16.0 Å². The van der Waals surface area contributed by atoms with Gasteiger partial charge in [-0.1, -0.05) is 0 Å². The molecule has 0 unspecified atom stereocenters. The third-order valence-electron chi connectivity index (χ3n) is 5.58. The van der Waals surface area contributed by atoms with Gasteiger partial charge in [-0.2, -0.15) is 0 Å². The summed E-state index contributed by atoms with van der Waals surface area (Å²) in [4.78, 5) is 21.4. The van der Waals surface area contributed by atoms with Crippen LogP contribution in [0, 0.1) is 5.92 Å². The van der Waals surface area contributed by atoms with Crippen LogP contribution in [0.25, 0.3) is 15.8 Å². The van der Waals surface area contributed by atoms with E-state index in [-0.39, 0.29) is 6.61 Å². The predicted octanol–water partition coefficient (Wildman–Crippen LogP) is -0.0866. The highest BCUT2D eigenvalue weighted by atomic mass is 32.1. The average molecular weight is 455 g/mol. The van der Waals surface area contributed by atoms with Gasteiger partial charge >= 0.3 is 0 Å². The minimum absolute atomic E-state index is 0.192. The molecular weight excluding hydrogens is 432 g/mol. The number of anilines is 1. The Morgan fingerprint density at radius 1 is 1.12 bits per heavy atom. The minimum Gasteiger partial charge on any atom is -0.396 e. The van der Waals surface area contributed by atoms with E-state index < -0.39 is 24.2 Å². The van der Waals surface area contributed by atoms with Crippen molar-refractivity contribution in [3.63, 3.8) is 0 Å². The van der Waals surface area contributed by atoms with E-state index in [1.165, 1.54) is 17.7 Å². The zero-order chi connectivity index (χ0) is 22.1. The van der Waals surface area contributed by atoms with Gasteiger partial charge in [0, 0.05) is 18.7 Å². The lowest BCUT2D eigenvalue weighted by Crippen LogP contribution is -2.47. The maximum atomic E-state index is 10.5. The summed E-state index contributed by atoms with van der Waals surface area (Å²) in [6.45, 7) is 0.149. The molecule has 6 N–H and O–H groups in total. The van der Waals surface area contributed by atoms with E-state index in [1.807, 2.05) is 6.07 Å². The Hall–Kier alpha value is -3.19. The molecule has 12 heteroatoms. The second-order valence-corrected chi connectivity index (χ2v) is 8.70. The lowest BCUT2D eigenvalue weighted by molar-refractivity contribution is 0.000577. The fraction of sp³-hybridized carbons (Fsp3) is 0.350. The summed E-state index contributed by atoms with van der Waals surface area (Å²) in [5, 5.41) is 40.7. The zero-order valence-corrected chi connectivity index (χ0v) is 17.7. The monoisotopic (exact) mass is 454 g/mol. The summed E-state index contributed by atoms with van der Waals surface area (Å²) in [7, 11) is 0. The summed E-state index contributed by atoms with van der Waals surface area (Å²) >= 11 is 1.53. The quantitative estimate of drug-likeness (QED) is 0.307. The molecule has 0 radical (unpaired) electrons. The van der Waals surface area contributed by atoms with Crippen LogP contribution in [0.4, 0.5) is 5.69 Å². The van der Waals surface area contributed by atoms with Gasteiger partial charge in [0.2, 0.25) is 5.96 Å². The third kappa shape index (κ3) is 4.00. The Morgan fingerprint density at radius 2 is 1.97 bits per heavy atom. The summed E-state index contributed by atoms with van der Waals surface area (Å²) in [5.74, 6) is 0.721. The number of pyridine rings is 1. The number of aromatic nitrogens is 4. The van der Waals surface area contributed by atoms with Crippen LogP contribution in [0.5, 0.6) is 0 Å². The maximum Gasteiger partial charge on any atom is 0.201 e. The number of aliphatic imine (C=N–C) groups is 1. The maximum absolute atomic E-state index is 10.5. The molecule has 166 valence electrons. The van der Waals surface area contributed by atoms with E-state index >= 15 is 0 Å². The lowest BCUT2D eigenvalue weighted by Gasteiger charge is -2.27. The first kappa shape index (κ1) is 20.7. The lowest BCUT2D eigenvalue weighted by atomic mass is 10.1. The molecule has 0 aromatic carbocycles. The predicted molar refractivity (Wildman–Crippen MR) is 120 cm³/mol. The number of nitrogens with one attached hydrogen (secondary N) is 3. The van der Waals surface area contributed by atoms with Crippen LogP contribution in [0.1, 0.15) is 11.4 Å². The Labute approximate surface area is 187 Å². The number of guanidine groups is 1. The summed E-state index contributed by atoms with van der Waals surface area (Å²) in [6, 6.07) is 1.46. The van der Waals surface area contributed by atoms with Crippen LogP contribution in [-0.2, 0) is 0 Å². The molecule has 4 atom stereocenters. The SMILES string of the molecule is OC[C@H]1C[C@@H](NC2=C(c3nc4cnccc4s3)CN=C(Nc3cncnc3)N2)[C@H](O)[C@@H]1O. The van der Waals surface area contributed by atoms with Crippen molar-refractivity contribution in [2.75, 3.05) is 18.5 Å². The Balaban J connectivity index is 1.45. The van der Waals surface area contributed by atoms with Crippen LogP contribution in [0.15, 0.2) is 48.0 Å². The van der Waals surface area contributed by atoms with Crippen molar-refractivity contribution < 1.29 is 15.3 Å². The first-order valence-corrected chi connectivity index (χ1v) is 10.9. The molecule has 0 amide bonds. The van der Waals surface area contributed by atoms with Gasteiger partial charge in [-0.25, -0.2) is 19.9 Å². The van der Waals surface area contributed by atoms with Gasteiger partial charge in [0.05, 0.1) is 53.2 Å². The highest BCUT2D eigenvalue weighted by molar-refractivity contribution is 7.19. The summed E-state index contributed by atoms with van der Waals surface area (Å²) in [5.41, 5.74) is 2.30. The fourth-order valence-electron chi connectivity index (χ4n) is 3.88. The molecule has 32 heavy (non-hydrogen) atoms. The van der Waals surface area contributed by atoms with Crippen LogP contribution in [0.2, 0.25) is 0 Å². The topological polar surface area (TPSA) is 161 Å². The largest absolute Gasteiger partial charge is 0.396 e. The highest BCUT2D eigenvalue weighted by Crippen LogP contribution is 2.31. The van der Waals surface area contributed by atoms with Crippen LogP contribution in [-0.4, -0.2) is 72.6 Å². The van der Waals surface area contributed by atoms with E-state index in [9.17, 15) is 15.3 Å². The standard InChI is InChI=1S/C20H22N8O3S/c29-8-10-3-13(17(31)16(10)30)26-18-12(19-27-14-7-21-2-1-15(14)32-19)6-24-20(28-18)25-11-4-22-9-23-5-11/h1-2,4-5,7,9-10,13,16-17,26,29-31H,3,6,8H2,(H2,24,25,28)/t10-,13-,16-,17+/m1/s1. The van der Waals surface area contributed by atoms with Gasteiger partial charge in [-0.3, -0.25) is 4.98 Å². The number of hydrogen-bond donors (Lipinski definition) is 6. The number of nitrogens with zero attached hydrogens (tertiary/aromatic N) is 5. The first-order valence-electron chi connectivity index (χ1n) is 10.1. The van der Waals surface area contributed by atoms with Gasteiger partial charge in [-0.05, 0) is 12.5 Å². The normalized spacial score (nSPS) is 25.5. The van der Waals surface area contributed by atoms with E-state index in [1.54, 1.807) is 24.8 Å². The number of fused-ring (bicyclic) bond motifs is 1.